The van der Waals surface area contributed by atoms with Gasteiger partial charge in [-0.25, -0.2) is 0 Å². The van der Waals surface area contributed by atoms with Crippen LogP contribution in [0.25, 0.3) is 0 Å². The number of alkyl halides is 3. The maximum Gasteiger partial charge on any atom is 0.534 e. The SMILES string of the molecule is CC(C)(C)[Si](Oc1ccc(OS(=O)(=O)C(F)(F)F)cc1)(c1ccccc1)c1ccccc1. The average molecular weight is 481 g/mol. The maximum atomic E-state index is 12.6. The van der Waals surface area contributed by atoms with Gasteiger partial charge in [-0.15, -0.1) is 0 Å². The van der Waals surface area contributed by atoms with E-state index in [4.69, 9.17) is 4.43 Å². The molecular weight excluding hydrogens is 457 g/mol. The lowest BCUT2D eigenvalue weighted by atomic mass is 10.2. The highest BCUT2D eigenvalue weighted by molar-refractivity contribution is 7.88. The van der Waals surface area contributed by atoms with Gasteiger partial charge in [0, 0.05) is 0 Å². The molecule has 3 aromatic carbocycles. The summed E-state index contributed by atoms with van der Waals surface area (Å²) in [5.74, 6) is -0.0480. The second-order valence-corrected chi connectivity index (χ2v) is 14.0. The fourth-order valence-corrected chi connectivity index (χ4v) is 8.44. The van der Waals surface area contributed by atoms with Crippen molar-refractivity contribution in [2.24, 2.45) is 0 Å². The van der Waals surface area contributed by atoms with Crippen LogP contribution in [0.4, 0.5) is 13.2 Å². The van der Waals surface area contributed by atoms with Gasteiger partial charge >= 0.3 is 23.9 Å². The predicted molar refractivity (Wildman–Crippen MR) is 120 cm³/mol. The molecule has 32 heavy (non-hydrogen) atoms. The number of benzene rings is 3. The largest absolute Gasteiger partial charge is 0.534 e. The van der Waals surface area contributed by atoms with E-state index in [-0.39, 0.29) is 5.04 Å². The van der Waals surface area contributed by atoms with E-state index >= 15 is 0 Å². The molecule has 170 valence electrons. The first-order valence-corrected chi connectivity index (χ1v) is 13.1. The second kappa shape index (κ2) is 8.63. The molecule has 9 heteroatoms. The van der Waals surface area contributed by atoms with Crippen molar-refractivity contribution in [1.29, 1.82) is 0 Å². The van der Waals surface area contributed by atoms with Crippen LogP contribution < -0.4 is 19.0 Å². The molecule has 4 nitrogen and oxygen atoms in total. The molecule has 3 rings (SSSR count). The molecule has 0 heterocycles. The lowest BCUT2D eigenvalue weighted by Crippen LogP contribution is -2.68. The number of rotatable bonds is 6. The molecule has 0 aliphatic rings. The summed E-state index contributed by atoms with van der Waals surface area (Å²) in [6.45, 7) is 6.27. The second-order valence-electron chi connectivity index (χ2n) is 8.22. The molecule has 0 saturated heterocycles. The van der Waals surface area contributed by atoms with Crippen LogP contribution in [-0.4, -0.2) is 22.2 Å². The smallest absolute Gasteiger partial charge is 0.534 e. The lowest BCUT2D eigenvalue weighted by Gasteiger charge is -2.43. The van der Waals surface area contributed by atoms with Crippen LogP contribution in [0.15, 0.2) is 84.9 Å². The van der Waals surface area contributed by atoms with Gasteiger partial charge in [-0.3, -0.25) is 0 Å². The standard InChI is InChI=1S/C23H23F3O4SSi/c1-22(2,3)32(20-10-6-4-7-11-20,21-12-8-5-9-13-21)30-19-16-14-18(15-17-19)29-31(27,28)23(24,25)26/h4-17H,1-3H3. The highest BCUT2D eigenvalue weighted by Gasteiger charge is 2.52. The van der Waals surface area contributed by atoms with E-state index in [2.05, 4.69) is 25.0 Å². The van der Waals surface area contributed by atoms with Crippen LogP contribution in [0.5, 0.6) is 11.5 Å². The third kappa shape index (κ3) is 4.68. The molecule has 0 fully saturated rings. The third-order valence-electron chi connectivity index (χ3n) is 5.00. The molecule has 0 radical (unpaired) electrons. The molecule has 0 aliphatic heterocycles. The molecule has 0 unspecified atom stereocenters. The van der Waals surface area contributed by atoms with Gasteiger partial charge in [-0.2, -0.15) is 21.6 Å². The van der Waals surface area contributed by atoms with E-state index in [9.17, 15) is 21.6 Å². The molecule has 3 aromatic rings. The van der Waals surface area contributed by atoms with Crippen LogP contribution in [-0.2, 0) is 10.1 Å². The van der Waals surface area contributed by atoms with Gasteiger partial charge in [0.1, 0.15) is 11.5 Å². The molecule has 0 bridgehead atoms. The summed E-state index contributed by atoms with van der Waals surface area (Å²) >= 11 is 0. The molecule has 0 spiro atoms. The Labute approximate surface area is 186 Å². The van der Waals surface area contributed by atoms with E-state index in [1.54, 1.807) is 0 Å². The van der Waals surface area contributed by atoms with Crippen molar-refractivity contribution in [2.45, 2.75) is 31.3 Å². The Morgan fingerprint density at radius 2 is 1.09 bits per heavy atom. The van der Waals surface area contributed by atoms with Gasteiger partial charge in [0.15, 0.2) is 0 Å². The zero-order valence-electron chi connectivity index (χ0n) is 17.8. The third-order valence-corrected chi connectivity index (χ3v) is 10.9. The number of hydrogen-bond acceptors (Lipinski definition) is 4. The Kier molecular flexibility index (Phi) is 6.44. The minimum atomic E-state index is -5.74. The molecule has 0 aliphatic carbocycles. The van der Waals surface area contributed by atoms with Crippen LogP contribution in [0, 0.1) is 0 Å². The van der Waals surface area contributed by atoms with Gasteiger partial charge in [0.05, 0.1) is 0 Å². The van der Waals surface area contributed by atoms with Crippen molar-refractivity contribution in [1.82, 2.24) is 0 Å². The van der Waals surface area contributed by atoms with E-state index < -0.39 is 29.7 Å². The maximum absolute atomic E-state index is 12.6. The fourth-order valence-electron chi connectivity index (χ4n) is 3.56. The Bertz CT molecular complexity index is 1100. The van der Waals surface area contributed by atoms with Gasteiger partial charge in [0.2, 0.25) is 0 Å². The summed E-state index contributed by atoms with van der Waals surface area (Å²) in [5, 5.41) is 1.74. The molecular formula is C23H23F3O4SSi. The number of halogens is 3. The van der Waals surface area contributed by atoms with E-state index in [0.717, 1.165) is 22.5 Å². The zero-order valence-corrected chi connectivity index (χ0v) is 19.6. The van der Waals surface area contributed by atoms with Crippen LogP contribution >= 0.6 is 0 Å². The molecule has 0 N–H and O–H groups in total. The Morgan fingerprint density at radius 1 is 0.688 bits per heavy atom. The predicted octanol–water partition coefficient (Wildman–Crippen LogP) is 4.85. The van der Waals surface area contributed by atoms with Crippen LogP contribution in [0.3, 0.4) is 0 Å². The van der Waals surface area contributed by atoms with Crippen molar-refractivity contribution in [2.75, 3.05) is 0 Å². The Hall–Kier alpha value is -2.78. The summed E-state index contributed by atoms with van der Waals surface area (Å²) in [6.07, 6.45) is 0. The summed E-state index contributed by atoms with van der Waals surface area (Å²) < 4.78 is 71.2. The number of hydrogen-bond donors (Lipinski definition) is 0. The summed E-state index contributed by atoms with van der Waals surface area (Å²) in [7, 11) is -8.66. The topological polar surface area (TPSA) is 52.6 Å². The van der Waals surface area contributed by atoms with Crippen molar-refractivity contribution in [3.8, 4) is 11.5 Å². The average Bonchev–Trinajstić information content (AvgIpc) is 2.72. The zero-order chi connectivity index (χ0) is 23.6. The highest BCUT2D eigenvalue weighted by atomic mass is 32.2. The molecule has 0 amide bonds. The van der Waals surface area contributed by atoms with Crippen LogP contribution in [0.2, 0.25) is 5.04 Å². The molecule has 0 aromatic heterocycles. The van der Waals surface area contributed by atoms with E-state index in [0.29, 0.717) is 5.75 Å². The Morgan fingerprint density at radius 3 is 1.47 bits per heavy atom. The van der Waals surface area contributed by atoms with Gasteiger partial charge in [0.25, 0.3) is 0 Å². The molecule has 0 atom stereocenters. The molecule has 0 saturated carbocycles. The van der Waals surface area contributed by atoms with Crippen molar-refractivity contribution < 1.29 is 30.2 Å². The summed E-state index contributed by atoms with van der Waals surface area (Å²) in [5.41, 5.74) is -5.50. The van der Waals surface area contributed by atoms with E-state index in [1.165, 1.54) is 12.1 Å². The monoisotopic (exact) mass is 480 g/mol. The van der Waals surface area contributed by atoms with Crippen molar-refractivity contribution >= 4 is 28.8 Å². The van der Waals surface area contributed by atoms with Crippen LogP contribution in [0.1, 0.15) is 20.8 Å². The minimum absolute atomic E-state index is 0.315. The normalized spacial score (nSPS) is 12.9. The van der Waals surface area contributed by atoms with Crippen molar-refractivity contribution in [3.05, 3.63) is 84.9 Å². The minimum Gasteiger partial charge on any atom is -0.534 e. The fraction of sp³-hybridized carbons (Fsp3) is 0.217. The summed E-state index contributed by atoms with van der Waals surface area (Å²) in [4.78, 5) is 0. The first-order chi connectivity index (χ1) is 14.9. The Balaban J connectivity index is 2.05. The van der Waals surface area contributed by atoms with Crippen molar-refractivity contribution in [3.63, 3.8) is 0 Å². The van der Waals surface area contributed by atoms with E-state index in [1.807, 2.05) is 60.7 Å². The summed E-state index contributed by atoms with van der Waals surface area (Å²) in [6, 6.07) is 24.8. The quantitative estimate of drug-likeness (QED) is 0.287. The van der Waals surface area contributed by atoms with Gasteiger partial charge in [-0.1, -0.05) is 81.4 Å². The first kappa shape index (κ1) is 23.9. The lowest BCUT2D eigenvalue weighted by molar-refractivity contribution is -0.0500. The highest BCUT2D eigenvalue weighted by Crippen LogP contribution is 2.38. The van der Waals surface area contributed by atoms with Gasteiger partial charge < -0.3 is 8.61 Å². The first-order valence-electron chi connectivity index (χ1n) is 9.78. The van der Waals surface area contributed by atoms with Gasteiger partial charge in [-0.05, 0) is 39.7 Å².